The second-order valence-corrected chi connectivity index (χ2v) is 4.40. The van der Waals surface area contributed by atoms with Gasteiger partial charge in [-0.2, -0.15) is 0 Å². The predicted octanol–water partition coefficient (Wildman–Crippen LogP) is 2.86. The molecule has 0 aromatic heterocycles. The summed E-state index contributed by atoms with van der Waals surface area (Å²) in [6.07, 6.45) is 2.19. The highest BCUT2D eigenvalue weighted by molar-refractivity contribution is 5.33. The Balaban J connectivity index is 2.77. The van der Waals surface area contributed by atoms with Crippen molar-refractivity contribution < 1.29 is 4.74 Å². The number of ether oxygens (including phenoxy) is 1. The van der Waals surface area contributed by atoms with Crippen molar-refractivity contribution >= 4 is 0 Å². The minimum Gasteiger partial charge on any atom is -0.496 e. The molecule has 0 radical (unpaired) electrons. The quantitative estimate of drug-likeness (QED) is 0.801. The molecular weight excluding hydrogens is 198 g/mol. The molecular formula is C14H23NO. The van der Waals surface area contributed by atoms with Crippen LogP contribution in [0.25, 0.3) is 0 Å². The highest BCUT2D eigenvalue weighted by atomic mass is 16.5. The summed E-state index contributed by atoms with van der Waals surface area (Å²) in [5.74, 6) is 2.18. The van der Waals surface area contributed by atoms with Crippen LogP contribution in [0.2, 0.25) is 0 Å². The van der Waals surface area contributed by atoms with E-state index in [0.717, 1.165) is 18.7 Å². The van der Waals surface area contributed by atoms with E-state index in [-0.39, 0.29) is 0 Å². The topological polar surface area (TPSA) is 35.2 Å². The van der Waals surface area contributed by atoms with Crippen molar-refractivity contribution in [3.63, 3.8) is 0 Å². The third-order valence-electron chi connectivity index (χ3n) is 3.43. The van der Waals surface area contributed by atoms with Crippen molar-refractivity contribution in [3.8, 4) is 5.75 Å². The lowest BCUT2D eigenvalue weighted by Gasteiger charge is -2.22. The Kier molecular flexibility index (Phi) is 5.33. The van der Waals surface area contributed by atoms with Crippen LogP contribution in [0, 0.1) is 11.8 Å². The Hall–Kier alpha value is -1.02. The van der Waals surface area contributed by atoms with Crippen LogP contribution in [0.1, 0.15) is 25.8 Å². The minimum atomic E-state index is 0.543. The smallest absolute Gasteiger partial charge is 0.122 e. The van der Waals surface area contributed by atoms with E-state index >= 15 is 0 Å². The van der Waals surface area contributed by atoms with Crippen molar-refractivity contribution in [2.45, 2.75) is 26.7 Å². The number of methoxy groups -OCH3 is 1. The zero-order chi connectivity index (χ0) is 12.0. The molecule has 1 aromatic carbocycles. The summed E-state index contributed by atoms with van der Waals surface area (Å²) in [4.78, 5) is 0. The third kappa shape index (κ3) is 3.24. The summed E-state index contributed by atoms with van der Waals surface area (Å²) in [5.41, 5.74) is 7.11. The Labute approximate surface area is 98.8 Å². The van der Waals surface area contributed by atoms with E-state index in [1.165, 1.54) is 12.0 Å². The van der Waals surface area contributed by atoms with Crippen LogP contribution in [-0.2, 0) is 6.42 Å². The van der Waals surface area contributed by atoms with E-state index in [4.69, 9.17) is 10.5 Å². The molecule has 0 spiro atoms. The first-order chi connectivity index (χ1) is 7.72. The molecule has 1 aromatic rings. The fourth-order valence-corrected chi connectivity index (χ4v) is 2.00. The first-order valence-corrected chi connectivity index (χ1v) is 6.04. The summed E-state index contributed by atoms with van der Waals surface area (Å²) in [6, 6.07) is 8.20. The van der Waals surface area contributed by atoms with E-state index in [0.29, 0.717) is 11.8 Å². The molecule has 2 unspecified atom stereocenters. The third-order valence-corrected chi connectivity index (χ3v) is 3.43. The van der Waals surface area contributed by atoms with Gasteiger partial charge in [0.1, 0.15) is 5.75 Å². The highest BCUT2D eigenvalue weighted by Gasteiger charge is 2.16. The average Bonchev–Trinajstić information content (AvgIpc) is 2.35. The fourth-order valence-electron chi connectivity index (χ4n) is 2.00. The van der Waals surface area contributed by atoms with Gasteiger partial charge in [-0.1, -0.05) is 38.5 Å². The molecule has 0 aliphatic heterocycles. The molecule has 0 aliphatic rings. The minimum absolute atomic E-state index is 0.543. The largest absolute Gasteiger partial charge is 0.496 e. The first kappa shape index (κ1) is 13.0. The molecule has 2 heteroatoms. The number of hydrogen-bond donors (Lipinski definition) is 1. The molecule has 16 heavy (non-hydrogen) atoms. The van der Waals surface area contributed by atoms with Crippen LogP contribution in [0.4, 0.5) is 0 Å². The second kappa shape index (κ2) is 6.54. The maximum atomic E-state index is 5.85. The van der Waals surface area contributed by atoms with E-state index in [1.807, 2.05) is 12.1 Å². The van der Waals surface area contributed by atoms with Gasteiger partial charge in [-0.25, -0.2) is 0 Å². The summed E-state index contributed by atoms with van der Waals surface area (Å²) in [5, 5.41) is 0. The molecule has 0 bridgehead atoms. The molecule has 2 atom stereocenters. The predicted molar refractivity (Wildman–Crippen MR) is 68.7 cm³/mol. The van der Waals surface area contributed by atoms with E-state index in [1.54, 1.807) is 7.11 Å². The zero-order valence-electron chi connectivity index (χ0n) is 10.6. The van der Waals surface area contributed by atoms with Crippen molar-refractivity contribution in [3.05, 3.63) is 29.8 Å². The maximum absolute atomic E-state index is 5.85. The van der Waals surface area contributed by atoms with Gasteiger partial charge >= 0.3 is 0 Å². The molecule has 0 fully saturated rings. The Bertz CT molecular complexity index is 311. The summed E-state index contributed by atoms with van der Waals surface area (Å²) < 4.78 is 5.36. The summed E-state index contributed by atoms with van der Waals surface area (Å²) in [6.45, 7) is 5.23. The van der Waals surface area contributed by atoms with E-state index in [9.17, 15) is 0 Å². The first-order valence-electron chi connectivity index (χ1n) is 6.04. The summed E-state index contributed by atoms with van der Waals surface area (Å²) >= 11 is 0. The molecule has 2 nitrogen and oxygen atoms in total. The molecule has 0 aliphatic carbocycles. The van der Waals surface area contributed by atoms with Gasteiger partial charge in [-0.15, -0.1) is 0 Å². The summed E-state index contributed by atoms with van der Waals surface area (Å²) in [7, 11) is 1.72. The number of benzene rings is 1. The lowest BCUT2D eigenvalue weighted by Crippen LogP contribution is -2.23. The van der Waals surface area contributed by atoms with Crippen LogP contribution in [0.5, 0.6) is 5.75 Å². The number of hydrogen-bond acceptors (Lipinski definition) is 2. The van der Waals surface area contributed by atoms with Gasteiger partial charge in [-0.05, 0) is 36.4 Å². The lowest BCUT2D eigenvalue weighted by atomic mass is 9.86. The maximum Gasteiger partial charge on any atom is 0.122 e. The van der Waals surface area contributed by atoms with Crippen LogP contribution in [0.15, 0.2) is 24.3 Å². The Morgan fingerprint density at radius 3 is 2.56 bits per heavy atom. The van der Waals surface area contributed by atoms with Crippen LogP contribution < -0.4 is 10.5 Å². The van der Waals surface area contributed by atoms with Gasteiger partial charge in [0.15, 0.2) is 0 Å². The number of nitrogens with two attached hydrogens (primary N) is 1. The monoisotopic (exact) mass is 221 g/mol. The van der Waals surface area contributed by atoms with Gasteiger partial charge < -0.3 is 10.5 Å². The highest BCUT2D eigenvalue weighted by Crippen LogP contribution is 2.25. The van der Waals surface area contributed by atoms with E-state index in [2.05, 4.69) is 26.0 Å². The molecule has 90 valence electrons. The Morgan fingerprint density at radius 1 is 1.31 bits per heavy atom. The zero-order valence-corrected chi connectivity index (χ0v) is 10.6. The second-order valence-electron chi connectivity index (χ2n) is 4.40. The number of para-hydroxylation sites is 1. The lowest BCUT2D eigenvalue weighted by molar-refractivity contribution is 0.345. The molecule has 2 N–H and O–H groups in total. The SMILES string of the molecule is CCC(C)C(CN)Cc1ccccc1OC. The molecule has 1 rings (SSSR count). The number of rotatable bonds is 6. The molecule has 0 amide bonds. The van der Waals surface area contributed by atoms with Crippen molar-refractivity contribution in [2.75, 3.05) is 13.7 Å². The average molecular weight is 221 g/mol. The van der Waals surface area contributed by atoms with Crippen molar-refractivity contribution in [1.29, 1.82) is 0 Å². The molecule has 0 saturated heterocycles. The van der Waals surface area contributed by atoms with Gasteiger partial charge in [-0.3, -0.25) is 0 Å². The van der Waals surface area contributed by atoms with Gasteiger partial charge in [0.05, 0.1) is 7.11 Å². The van der Waals surface area contributed by atoms with Gasteiger partial charge in [0, 0.05) is 0 Å². The molecule has 0 heterocycles. The van der Waals surface area contributed by atoms with Gasteiger partial charge in [0.2, 0.25) is 0 Å². The van der Waals surface area contributed by atoms with Crippen LogP contribution in [0.3, 0.4) is 0 Å². The Morgan fingerprint density at radius 2 is 2.00 bits per heavy atom. The normalized spacial score (nSPS) is 14.5. The fraction of sp³-hybridized carbons (Fsp3) is 0.571. The van der Waals surface area contributed by atoms with Gasteiger partial charge in [0.25, 0.3) is 0 Å². The van der Waals surface area contributed by atoms with Crippen molar-refractivity contribution in [1.82, 2.24) is 0 Å². The molecule has 0 saturated carbocycles. The van der Waals surface area contributed by atoms with E-state index < -0.39 is 0 Å². The van der Waals surface area contributed by atoms with Crippen LogP contribution in [-0.4, -0.2) is 13.7 Å². The van der Waals surface area contributed by atoms with Crippen LogP contribution >= 0.6 is 0 Å². The van der Waals surface area contributed by atoms with Crippen molar-refractivity contribution in [2.24, 2.45) is 17.6 Å². The standard InChI is InChI=1S/C14H23NO/c1-4-11(2)13(10-15)9-12-7-5-6-8-14(12)16-3/h5-8,11,13H,4,9-10,15H2,1-3H3.